The van der Waals surface area contributed by atoms with Crippen LogP contribution in [0, 0.1) is 6.92 Å². The summed E-state index contributed by atoms with van der Waals surface area (Å²) in [5.41, 5.74) is 4.47. The molecule has 4 rings (SSSR count). The lowest BCUT2D eigenvalue weighted by molar-refractivity contribution is 0.145. The summed E-state index contributed by atoms with van der Waals surface area (Å²) in [6.07, 6.45) is 8.18. The number of piperidine rings is 1. The zero-order valence-electron chi connectivity index (χ0n) is 14.6. The van der Waals surface area contributed by atoms with E-state index in [2.05, 4.69) is 40.2 Å². The molecule has 0 unspecified atom stereocenters. The molecule has 0 bridgehead atoms. The molecular formula is C20H31N3. The molecule has 0 spiro atoms. The molecular weight excluding hydrogens is 282 g/mol. The number of hydrogen-bond donors (Lipinski definition) is 1. The van der Waals surface area contributed by atoms with Crippen LogP contribution >= 0.6 is 0 Å². The van der Waals surface area contributed by atoms with Crippen LogP contribution in [0.4, 0.5) is 5.69 Å². The van der Waals surface area contributed by atoms with Crippen LogP contribution in [0.1, 0.15) is 49.7 Å². The zero-order chi connectivity index (χ0) is 15.6. The summed E-state index contributed by atoms with van der Waals surface area (Å²) in [4.78, 5) is 5.46. The van der Waals surface area contributed by atoms with Crippen molar-refractivity contribution < 1.29 is 0 Å². The fourth-order valence-corrected chi connectivity index (χ4v) is 4.36. The molecule has 1 aromatic rings. The first kappa shape index (κ1) is 15.5. The average Bonchev–Trinajstić information content (AvgIpc) is 3.27. The molecule has 1 aliphatic carbocycles. The second-order valence-electron chi connectivity index (χ2n) is 7.71. The fourth-order valence-electron chi connectivity index (χ4n) is 4.36. The molecule has 1 saturated carbocycles. The van der Waals surface area contributed by atoms with Crippen molar-refractivity contribution in [3.8, 4) is 0 Å². The van der Waals surface area contributed by atoms with E-state index in [1.165, 1.54) is 76.0 Å². The lowest BCUT2D eigenvalue weighted by Crippen LogP contribution is -2.44. The van der Waals surface area contributed by atoms with Gasteiger partial charge in [0.05, 0.1) is 0 Å². The first-order valence-electron chi connectivity index (χ1n) is 9.62. The van der Waals surface area contributed by atoms with Crippen LogP contribution < -0.4 is 10.2 Å². The van der Waals surface area contributed by atoms with Gasteiger partial charge in [0, 0.05) is 37.4 Å². The molecule has 3 nitrogen and oxygen atoms in total. The summed E-state index contributed by atoms with van der Waals surface area (Å²) in [5.74, 6) is 0. The molecule has 0 amide bonds. The van der Waals surface area contributed by atoms with Crippen LogP contribution in [-0.4, -0.2) is 43.2 Å². The Morgan fingerprint density at radius 2 is 1.74 bits per heavy atom. The van der Waals surface area contributed by atoms with Crippen LogP contribution in [-0.2, 0) is 6.54 Å². The number of hydrogen-bond acceptors (Lipinski definition) is 3. The Bertz CT molecular complexity index is 526. The van der Waals surface area contributed by atoms with Crippen molar-refractivity contribution in [3.05, 3.63) is 29.3 Å². The van der Waals surface area contributed by atoms with Crippen LogP contribution in [0.5, 0.6) is 0 Å². The van der Waals surface area contributed by atoms with Crippen LogP contribution in [0.3, 0.4) is 0 Å². The number of benzene rings is 1. The monoisotopic (exact) mass is 313 g/mol. The SMILES string of the molecule is Cc1ccc(CN(C2CCNCC2)C2CC2)c(N2CCCC2)c1. The van der Waals surface area contributed by atoms with E-state index in [0.717, 1.165) is 18.6 Å². The second-order valence-corrected chi connectivity index (χ2v) is 7.71. The Balaban J connectivity index is 1.56. The highest BCUT2D eigenvalue weighted by Crippen LogP contribution is 2.35. The minimum Gasteiger partial charge on any atom is -0.371 e. The molecule has 2 aliphatic heterocycles. The van der Waals surface area contributed by atoms with Crippen molar-refractivity contribution in [3.63, 3.8) is 0 Å². The van der Waals surface area contributed by atoms with E-state index in [1.54, 1.807) is 5.56 Å². The molecule has 0 atom stereocenters. The Kier molecular flexibility index (Phi) is 4.59. The molecule has 3 fully saturated rings. The predicted molar refractivity (Wildman–Crippen MR) is 97.1 cm³/mol. The fraction of sp³-hybridized carbons (Fsp3) is 0.700. The maximum Gasteiger partial charge on any atom is 0.0414 e. The Morgan fingerprint density at radius 1 is 1.04 bits per heavy atom. The number of nitrogens with zero attached hydrogens (tertiary/aromatic N) is 2. The van der Waals surface area contributed by atoms with Crippen molar-refractivity contribution in [2.24, 2.45) is 0 Å². The third-order valence-electron chi connectivity index (χ3n) is 5.83. The van der Waals surface area contributed by atoms with Crippen molar-refractivity contribution in [2.45, 2.75) is 64.1 Å². The van der Waals surface area contributed by atoms with Gasteiger partial charge in [-0.3, -0.25) is 4.90 Å². The third kappa shape index (κ3) is 3.56. The van der Waals surface area contributed by atoms with Gasteiger partial charge in [0.15, 0.2) is 0 Å². The highest BCUT2D eigenvalue weighted by Gasteiger charge is 2.35. The normalized spacial score (nSPS) is 23.0. The van der Waals surface area contributed by atoms with E-state index < -0.39 is 0 Å². The quantitative estimate of drug-likeness (QED) is 0.900. The number of nitrogens with one attached hydrogen (secondary N) is 1. The van der Waals surface area contributed by atoms with Crippen molar-refractivity contribution in [2.75, 3.05) is 31.1 Å². The molecule has 3 aliphatic rings. The molecule has 23 heavy (non-hydrogen) atoms. The first-order valence-corrected chi connectivity index (χ1v) is 9.62. The van der Waals surface area contributed by atoms with E-state index in [9.17, 15) is 0 Å². The summed E-state index contributed by atoms with van der Waals surface area (Å²) >= 11 is 0. The van der Waals surface area contributed by atoms with Gasteiger partial charge in [-0.25, -0.2) is 0 Å². The lowest BCUT2D eigenvalue weighted by atomic mass is 10.0. The molecule has 2 heterocycles. The lowest BCUT2D eigenvalue weighted by Gasteiger charge is -2.36. The summed E-state index contributed by atoms with van der Waals surface area (Å²) < 4.78 is 0. The topological polar surface area (TPSA) is 18.5 Å². The maximum absolute atomic E-state index is 3.52. The molecule has 2 saturated heterocycles. The van der Waals surface area contributed by atoms with E-state index in [1.807, 2.05) is 0 Å². The van der Waals surface area contributed by atoms with Gasteiger partial charge in [-0.2, -0.15) is 0 Å². The minimum absolute atomic E-state index is 0.788. The van der Waals surface area contributed by atoms with Gasteiger partial charge in [0.2, 0.25) is 0 Å². The van der Waals surface area contributed by atoms with E-state index in [4.69, 9.17) is 0 Å². The largest absolute Gasteiger partial charge is 0.371 e. The minimum atomic E-state index is 0.788. The highest BCUT2D eigenvalue weighted by molar-refractivity contribution is 5.56. The average molecular weight is 313 g/mol. The summed E-state index contributed by atoms with van der Waals surface area (Å²) in [6.45, 7) is 8.26. The van der Waals surface area contributed by atoms with E-state index in [-0.39, 0.29) is 0 Å². The Morgan fingerprint density at radius 3 is 2.43 bits per heavy atom. The maximum atomic E-state index is 3.52. The third-order valence-corrected chi connectivity index (χ3v) is 5.83. The second kappa shape index (κ2) is 6.82. The number of anilines is 1. The van der Waals surface area contributed by atoms with Gasteiger partial charge < -0.3 is 10.2 Å². The zero-order valence-corrected chi connectivity index (χ0v) is 14.6. The molecule has 126 valence electrons. The number of rotatable bonds is 5. The Hall–Kier alpha value is -1.06. The summed E-state index contributed by atoms with van der Waals surface area (Å²) in [5, 5.41) is 3.52. The van der Waals surface area contributed by atoms with Crippen LogP contribution in [0.15, 0.2) is 18.2 Å². The van der Waals surface area contributed by atoms with Crippen LogP contribution in [0.25, 0.3) is 0 Å². The standard InChI is InChI=1S/C20H31N3/c1-16-4-5-17(20(14-16)22-12-2-3-13-22)15-23(18-6-7-18)19-8-10-21-11-9-19/h4-5,14,18-19,21H,2-3,6-13,15H2,1H3. The Labute approximate surface area is 141 Å². The van der Waals surface area contributed by atoms with Gasteiger partial charge in [0.25, 0.3) is 0 Å². The highest BCUT2D eigenvalue weighted by atomic mass is 15.2. The van der Waals surface area contributed by atoms with Gasteiger partial charge in [-0.05, 0) is 75.7 Å². The van der Waals surface area contributed by atoms with Crippen molar-refractivity contribution in [1.82, 2.24) is 10.2 Å². The van der Waals surface area contributed by atoms with Crippen molar-refractivity contribution in [1.29, 1.82) is 0 Å². The molecule has 1 aromatic carbocycles. The van der Waals surface area contributed by atoms with Crippen molar-refractivity contribution >= 4 is 5.69 Å². The summed E-state index contributed by atoms with van der Waals surface area (Å²) in [6, 6.07) is 8.78. The number of aryl methyl sites for hydroxylation is 1. The molecule has 1 N–H and O–H groups in total. The van der Waals surface area contributed by atoms with Crippen LogP contribution in [0.2, 0.25) is 0 Å². The molecule has 0 aromatic heterocycles. The van der Waals surface area contributed by atoms with E-state index >= 15 is 0 Å². The van der Waals surface area contributed by atoms with Gasteiger partial charge in [-0.15, -0.1) is 0 Å². The molecule has 0 radical (unpaired) electrons. The van der Waals surface area contributed by atoms with E-state index in [0.29, 0.717) is 0 Å². The first-order chi connectivity index (χ1) is 11.3. The molecule has 3 heteroatoms. The smallest absolute Gasteiger partial charge is 0.0414 e. The van der Waals surface area contributed by atoms with Gasteiger partial charge in [0.1, 0.15) is 0 Å². The predicted octanol–water partition coefficient (Wildman–Crippen LogP) is 3.31. The van der Waals surface area contributed by atoms with Gasteiger partial charge >= 0.3 is 0 Å². The van der Waals surface area contributed by atoms with Gasteiger partial charge in [-0.1, -0.05) is 12.1 Å². The summed E-state index contributed by atoms with van der Waals surface area (Å²) in [7, 11) is 0.